The summed E-state index contributed by atoms with van der Waals surface area (Å²) < 4.78 is 12.9. The van der Waals surface area contributed by atoms with Gasteiger partial charge >= 0.3 is 12.2 Å². The van der Waals surface area contributed by atoms with E-state index in [0.717, 1.165) is 22.3 Å². The summed E-state index contributed by atoms with van der Waals surface area (Å²) in [6.07, 6.45) is -0.541. The summed E-state index contributed by atoms with van der Waals surface area (Å²) in [5.74, 6) is 0.272. The molecule has 2 heterocycles. The number of nitrogens with zero attached hydrogens (tertiary/aromatic N) is 3. The van der Waals surface area contributed by atoms with Crippen molar-refractivity contribution in [2.75, 3.05) is 19.7 Å². The lowest BCUT2D eigenvalue weighted by atomic mass is 9.98. The number of nitrogens with one attached hydrogen (secondary N) is 1. The molecule has 4 aromatic rings. The van der Waals surface area contributed by atoms with Gasteiger partial charge in [-0.3, -0.25) is 9.36 Å². The first kappa shape index (κ1) is 29.7. The van der Waals surface area contributed by atoms with Gasteiger partial charge in [0.1, 0.15) is 18.0 Å². The predicted octanol–water partition coefficient (Wildman–Crippen LogP) is 6.83. The normalized spacial score (nSPS) is 16.8. The van der Waals surface area contributed by atoms with Gasteiger partial charge in [-0.1, -0.05) is 66.2 Å². The lowest BCUT2D eigenvalue weighted by molar-refractivity contribution is 0.0288. The Hall–Kier alpha value is -4.37. The van der Waals surface area contributed by atoms with E-state index in [1.165, 1.54) is 0 Å². The second kappa shape index (κ2) is 11.6. The van der Waals surface area contributed by atoms with Crippen molar-refractivity contribution in [1.29, 1.82) is 0 Å². The minimum absolute atomic E-state index is 0.0834. The molecule has 1 saturated heterocycles. The van der Waals surface area contributed by atoms with Crippen molar-refractivity contribution in [3.05, 3.63) is 99.1 Å². The molecule has 0 unspecified atom stereocenters. The maximum Gasteiger partial charge on any atom is 0.410 e. The van der Waals surface area contributed by atoms with Crippen LogP contribution in [0.2, 0.25) is 5.02 Å². The summed E-state index contributed by atoms with van der Waals surface area (Å²) in [6, 6.07) is 20.3. The van der Waals surface area contributed by atoms with Crippen molar-refractivity contribution in [2.45, 2.75) is 57.7 Å². The molecule has 1 aromatic heterocycles. The molecule has 2 amide bonds. The van der Waals surface area contributed by atoms with E-state index in [1.54, 1.807) is 34.6 Å². The molecule has 10 heteroatoms. The first-order valence-electron chi connectivity index (χ1n) is 14.8. The first-order valence-corrected chi connectivity index (χ1v) is 15.2. The number of aromatic nitrogens is 2. The zero-order chi connectivity index (χ0) is 31.2. The Morgan fingerprint density at radius 3 is 2.34 bits per heavy atom. The fourth-order valence-electron chi connectivity index (χ4n) is 6.20. The fraction of sp³-hybridized carbons (Fsp3) is 0.353. The number of benzene rings is 3. The highest BCUT2D eigenvalue weighted by Crippen LogP contribution is 2.44. The number of carbonyl (C=O) groups is 2. The summed E-state index contributed by atoms with van der Waals surface area (Å²) in [5.41, 5.74) is 3.98. The van der Waals surface area contributed by atoms with Crippen LogP contribution in [0.1, 0.15) is 69.1 Å². The summed E-state index contributed by atoms with van der Waals surface area (Å²) in [5, 5.41) is 3.47. The van der Waals surface area contributed by atoms with Gasteiger partial charge in [0.2, 0.25) is 0 Å². The molecule has 0 radical (unpaired) electrons. The molecule has 1 aliphatic heterocycles. The minimum Gasteiger partial charge on any atom is -0.449 e. The molecule has 228 valence electrons. The molecule has 44 heavy (non-hydrogen) atoms. The van der Waals surface area contributed by atoms with Crippen LogP contribution in [0, 0.1) is 0 Å². The van der Waals surface area contributed by atoms with Crippen LogP contribution in [0.4, 0.5) is 9.59 Å². The number of hydrogen-bond acceptors (Lipinski definition) is 6. The van der Waals surface area contributed by atoms with E-state index in [4.69, 9.17) is 26.1 Å². The molecule has 2 atom stereocenters. The van der Waals surface area contributed by atoms with Gasteiger partial charge in [0.05, 0.1) is 28.0 Å². The van der Waals surface area contributed by atoms with Crippen molar-refractivity contribution >= 4 is 34.7 Å². The number of amides is 2. The average Bonchev–Trinajstić information content (AvgIpc) is 3.58. The Labute approximate surface area is 260 Å². The first-order chi connectivity index (χ1) is 21.0. The number of halogens is 1. The van der Waals surface area contributed by atoms with E-state index in [-0.39, 0.29) is 30.7 Å². The van der Waals surface area contributed by atoms with Crippen LogP contribution in [-0.2, 0) is 9.47 Å². The SMILES string of the molecule is C[C@H](NC(=O)OCC1c2ccccc2-c2ccccc21)c1nc2cccc(Cl)c2c(=O)n1[C@H]1CCN(C(=O)OC(C)(C)C)C1. The standard InChI is InChI=1S/C34H35ClN4O5/c1-20(36-32(41)43-19-26-24-12-7-5-10-22(24)23-11-6-8-13-25(23)26)30-37-28-15-9-14-27(35)29(28)31(40)39(30)21-16-17-38(18-21)33(42)44-34(2,3)4/h5-15,20-21,26H,16-19H2,1-4H3,(H,36,41)/t20-,21-/m0/s1. The number of hydrogen-bond donors (Lipinski definition) is 1. The third-order valence-electron chi connectivity index (χ3n) is 8.15. The van der Waals surface area contributed by atoms with Crippen LogP contribution in [-0.4, -0.2) is 51.9 Å². The van der Waals surface area contributed by atoms with Gasteiger partial charge in [0.25, 0.3) is 5.56 Å². The number of likely N-dealkylation sites (tertiary alicyclic amines) is 1. The average molecular weight is 615 g/mol. The topological polar surface area (TPSA) is 103 Å². The number of alkyl carbamates (subject to hydrolysis) is 1. The maximum atomic E-state index is 13.9. The van der Waals surface area contributed by atoms with Crippen molar-refractivity contribution in [1.82, 2.24) is 19.8 Å². The molecule has 1 N–H and O–H groups in total. The van der Waals surface area contributed by atoms with Crippen LogP contribution in [0.3, 0.4) is 0 Å². The maximum absolute atomic E-state index is 13.9. The molecule has 0 spiro atoms. The van der Waals surface area contributed by atoms with Gasteiger partial charge in [-0.25, -0.2) is 14.6 Å². The quantitative estimate of drug-likeness (QED) is 0.264. The highest BCUT2D eigenvalue weighted by molar-refractivity contribution is 6.35. The van der Waals surface area contributed by atoms with Gasteiger partial charge < -0.3 is 19.7 Å². The highest BCUT2D eigenvalue weighted by atomic mass is 35.5. The molecule has 9 nitrogen and oxygen atoms in total. The smallest absolute Gasteiger partial charge is 0.410 e. The molecule has 3 aromatic carbocycles. The van der Waals surface area contributed by atoms with Gasteiger partial charge in [-0.2, -0.15) is 0 Å². The van der Waals surface area contributed by atoms with Crippen molar-refractivity contribution in [3.63, 3.8) is 0 Å². The number of ether oxygens (including phenoxy) is 2. The Balaban J connectivity index is 1.24. The lowest BCUT2D eigenvalue weighted by Crippen LogP contribution is -2.38. The van der Waals surface area contributed by atoms with Gasteiger partial charge in [-0.05, 0) is 68.5 Å². The molecule has 0 bridgehead atoms. The van der Waals surface area contributed by atoms with Gasteiger partial charge in [0.15, 0.2) is 0 Å². The Morgan fingerprint density at radius 1 is 1.02 bits per heavy atom. The molecule has 0 saturated carbocycles. The molecular weight excluding hydrogens is 580 g/mol. The third-order valence-corrected chi connectivity index (χ3v) is 8.47. The van der Waals surface area contributed by atoms with Crippen LogP contribution >= 0.6 is 11.6 Å². The number of rotatable bonds is 5. The van der Waals surface area contributed by atoms with E-state index in [0.29, 0.717) is 34.7 Å². The monoisotopic (exact) mass is 614 g/mol. The molecule has 2 aliphatic rings. The zero-order valence-corrected chi connectivity index (χ0v) is 25.9. The third kappa shape index (κ3) is 5.64. The summed E-state index contributed by atoms with van der Waals surface area (Å²) in [7, 11) is 0. The number of carbonyl (C=O) groups excluding carboxylic acids is 2. The summed E-state index contributed by atoms with van der Waals surface area (Å²) in [6.45, 7) is 8.04. The second-order valence-electron chi connectivity index (χ2n) is 12.3. The van der Waals surface area contributed by atoms with E-state index >= 15 is 0 Å². The number of fused-ring (bicyclic) bond motifs is 4. The lowest BCUT2D eigenvalue weighted by Gasteiger charge is -2.26. The van der Waals surface area contributed by atoms with Crippen LogP contribution in [0.15, 0.2) is 71.5 Å². The molecule has 1 aliphatic carbocycles. The second-order valence-corrected chi connectivity index (χ2v) is 12.7. The molecule has 1 fully saturated rings. The fourth-order valence-corrected chi connectivity index (χ4v) is 6.45. The van der Waals surface area contributed by atoms with E-state index < -0.39 is 23.8 Å². The zero-order valence-electron chi connectivity index (χ0n) is 25.2. The molecular formula is C34H35ClN4O5. The summed E-state index contributed by atoms with van der Waals surface area (Å²) in [4.78, 5) is 46.3. The van der Waals surface area contributed by atoms with Crippen LogP contribution in [0.5, 0.6) is 0 Å². The van der Waals surface area contributed by atoms with Crippen molar-refractivity contribution in [3.8, 4) is 11.1 Å². The van der Waals surface area contributed by atoms with E-state index in [2.05, 4.69) is 29.6 Å². The van der Waals surface area contributed by atoms with Crippen LogP contribution < -0.4 is 10.9 Å². The Bertz CT molecular complexity index is 1770. The minimum atomic E-state index is -0.683. The van der Waals surface area contributed by atoms with Crippen molar-refractivity contribution in [2.24, 2.45) is 0 Å². The highest BCUT2D eigenvalue weighted by Gasteiger charge is 2.34. The molecule has 6 rings (SSSR count). The summed E-state index contributed by atoms with van der Waals surface area (Å²) >= 11 is 6.46. The van der Waals surface area contributed by atoms with Gasteiger partial charge in [0, 0.05) is 19.0 Å². The van der Waals surface area contributed by atoms with Crippen LogP contribution in [0.25, 0.3) is 22.0 Å². The largest absolute Gasteiger partial charge is 0.449 e. The van der Waals surface area contributed by atoms with Crippen molar-refractivity contribution < 1.29 is 19.1 Å². The Morgan fingerprint density at radius 2 is 1.68 bits per heavy atom. The predicted molar refractivity (Wildman–Crippen MR) is 169 cm³/mol. The van der Waals surface area contributed by atoms with E-state index in [9.17, 15) is 14.4 Å². The Kier molecular flexibility index (Phi) is 7.84. The van der Waals surface area contributed by atoms with Gasteiger partial charge in [-0.15, -0.1) is 0 Å². The van der Waals surface area contributed by atoms with E-state index in [1.807, 2.05) is 45.0 Å².